The molecule has 1 amide bonds. The van der Waals surface area contributed by atoms with Crippen molar-refractivity contribution in [2.24, 2.45) is 0 Å². The number of amides is 1. The second-order valence-corrected chi connectivity index (χ2v) is 6.29. The number of rotatable bonds is 5. The van der Waals surface area contributed by atoms with Crippen molar-refractivity contribution in [3.63, 3.8) is 0 Å². The van der Waals surface area contributed by atoms with Gasteiger partial charge in [0.2, 0.25) is 11.7 Å². The third-order valence-corrected chi connectivity index (χ3v) is 4.52. The van der Waals surface area contributed by atoms with Crippen LogP contribution in [-0.4, -0.2) is 38.3 Å². The average molecular weight is 383 g/mol. The Labute approximate surface area is 154 Å². The Hall–Kier alpha value is -2.65. The van der Waals surface area contributed by atoms with Gasteiger partial charge in [0.25, 0.3) is 5.91 Å². The van der Waals surface area contributed by atoms with Gasteiger partial charge in [-0.1, -0.05) is 6.92 Å². The first-order chi connectivity index (χ1) is 12.9. The molecule has 1 N–H and O–H groups in total. The van der Waals surface area contributed by atoms with E-state index < -0.39 is 12.0 Å². The molecule has 2 aromatic heterocycles. The molecule has 3 heterocycles. The maximum absolute atomic E-state index is 13.0. The summed E-state index contributed by atoms with van der Waals surface area (Å²) in [4.78, 5) is 25.5. The molecule has 0 aromatic carbocycles. The number of oxazole rings is 1. The van der Waals surface area contributed by atoms with E-state index in [-0.39, 0.29) is 35.8 Å². The van der Waals surface area contributed by atoms with Crippen molar-refractivity contribution in [3.05, 3.63) is 35.9 Å². The minimum atomic E-state index is -4.71. The molecule has 0 aliphatic carbocycles. The van der Waals surface area contributed by atoms with E-state index in [1.54, 1.807) is 4.90 Å². The zero-order valence-corrected chi connectivity index (χ0v) is 14.8. The molecule has 3 rings (SSSR count). The van der Waals surface area contributed by atoms with Gasteiger partial charge in [-0.15, -0.1) is 0 Å². The predicted octanol–water partition coefficient (Wildman–Crippen LogP) is 3.50. The van der Waals surface area contributed by atoms with Crippen LogP contribution in [0, 0.1) is 0 Å². The Morgan fingerprint density at radius 1 is 1.37 bits per heavy atom. The van der Waals surface area contributed by atoms with Gasteiger partial charge >= 0.3 is 6.18 Å². The number of nitrogens with one attached hydrogen (secondary N) is 1. The van der Waals surface area contributed by atoms with E-state index in [1.807, 2.05) is 6.92 Å². The van der Waals surface area contributed by atoms with E-state index >= 15 is 0 Å². The summed E-state index contributed by atoms with van der Waals surface area (Å²) in [5.74, 6) is -1.59. The van der Waals surface area contributed by atoms with Crippen molar-refractivity contribution in [1.29, 1.82) is 0 Å². The van der Waals surface area contributed by atoms with Crippen LogP contribution < -0.4 is 5.32 Å². The first kappa shape index (κ1) is 19.1. The average Bonchev–Trinajstić information content (AvgIpc) is 3.18. The lowest BCUT2D eigenvalue weighted by Crippen LogP contribution is -2.43. The van der Waals surface area contributed by atoms with Gasteiger partial charge in [-0.25, -0.2) is 15.0 Å². The highest BCUT2D eigenvalue weighted by Crippen LogP contribution is 2.29. The number of nitrogens with zero attached hydrogens (tertiary/aromatic N) is 4. The zero-order valence-electron chi connectivity index (χ0n) is 14.8. The lowest BCUT2D eigenvalue weighted by molar-refractivity contribution is -0.144. The minimum absolute atomic E-state index is 0.00119. The van der Waals surface area contributed by atoms with Crippen molar-refractivity contribution < 1.29 is 22.4 Å². The molecule has 1 fully saturated rings. The third kappa shape index (κ3) is 4.37. The summed E-state index contributed by atoms with van der Waals surface area (Å²) in [6.45, 7) is 2.55. The number of aromatic nitrogens is 3. The van der Waals surface area contributed by atoms with Crippen LogP contribution in [0.3, 0.4) is 0 Å². The van der Waals surface area contributed by atoms with Gasteiger partial charge < -0.3 is 14.6 Å². The van der Waals surface area contributed by atoms with E-state index in [4.69, 9.17) is 4.42 Å². The molecular formula is C17H20F3N5O2. The van der Waals surface area contributed by atoms with Crippen LogP contribution in [-0.2, 0) is 12.7 Å². The fourth-order valence-electron chi connectivity index (χ4n) is 3.16. The molecule has 1 aliphatic rings. The summed E-state index contributed by atoms with van der Waals surface area (Å²) >= 11 is 0. The lowest BCUT2D eigenvalue weighted by atomic mass is 9.99. The van der Waals surface area contributed by atoms with Crippen molar-refractivity contribution >= 4 is 11.7 Å². The quantitative estimate of drug-likeness (QED) is 0.851. The third-order valence-electron chi connectivity index (χ3n) is 4.52. The van der Waals surface area contributed by atoms with Crippen LogP contribution in [0.4, 0.5) is 19.0 Å². The largest absolute Gasteiger partial charge is 0.451 e. The maximum atomic E-state index is 13.0. The highest BCUT2D eigenvalue weighted by molar-refractivity contribution is 5.98. The van der Waals surface area contributed by atoms with Crippen LogP contribution in [0.2, 0.25) is 0 Å². The molecule has 27 heavy (non-hydrogen) atoms. The summed E-state index contributed by atoms with van der Waals surface area (Å²) < 4.78 is 44.1. The van der Waals surface area contributed by atoms with E-state index in [1.165, 1.54) is 12.5 Å². The summed E-state index contributed by atoms with van der Waals surface area (Å²) in [5.41, 5.74) is 0.00917. The van der Waals surface area contributed by atoms with E-state index in [0.717, 1.165) is 31.9 Å². The molecule has 0 bridgehead atoms. The second kappa shape index (κ2) is 7.93. The number of halogens is 3. The Morgan fingerprint density at radius 3 is 2.85 bits per heavy atom. The van der Waals surface area contributed by atoms with Gasteiger partial charge in [-0.05, 0) is 25.7 Å². The molecule has 2 aromatic rings. The van der Waals surface area contributed by atoms with Crippen LogP contribution in [0.15, 0.2) is 23.1 Å². The van der Waals surface area contributed by atoms with Crippen molar-refractivity contribution in [2.75, 3.05) is 11.9 Å². The molecule has 7 nitrogen and oxygen atoms in total. The summed E-state index contributed by atoms with van der Waals surface area (Å²) in [7, 11) is 0. The van der Waals surface area contributed by atoms with Crippen LogP contribution in [0.5, 0.6) is 0 Å². The summed E-state index contributed by atoms with van der Waals surface area (Å²) in [6, 6.07) is 0.0631. The molecule has 146 valence electrons. The molecule has 0 radical (unpaired) electrons. The topological polar surface area (TPSA) is 84.2 Å². The zero-order chi connectivity index (χ0) is 19.4. The SMILES string of the molecule is CCC1CCCCN1C(=O)c1cnc(C(F)(F)F)nc1NCc1ncco1. The van der Waals surface area contributed by atoms with Crippen LogP contribution >= 0.6 is 0 Å². The van der Waals surface area contributed by atoms with E-state index in [9.17, 15) is 18.0 Å². The molecule has 0 saturated carbocycles. The van der Waals surface area contributed by atoms with Gasteiger partial charge in [0.05, 0.1) is 12.7 Å². The number of anilines is 1. The number of carbonyl (C=O) groups is 1. The van der Waals surface area contributed by atoms with Gasteiger partial charge in [-0.3, -0.25) is 4.79 Å². The smallest absolute Gasteiger partial charge is 0.447 e. The van der Waals surface area contributed by atoms with Crippen LogP contribution in [0.1, 0.15) is 54.7 Å². The Kier molecular flexibility index (Phi) is 5.62. The fourth-order valence-corrected chi connectivity index (χ4v) is 3.16. The van der Waals surface area contributed by atoms with E-state index in [2.05, 4.69) is 20.3 Å². The van der Waals surface area contributed by atoms with Gasteiger partial charge in [0.15, 0.2) is 0 Å². The molecule has 1 saturated heterocycles. The van der Waals surface area contributed by atoms with Gasteiger partial charge in [0, 0.05) is 18.8 Å². The summed E-state index contributed by atoms with van der Waals surface area (Å²) in [5, 5.41) is 2.73. The van der Waals surface area contributed by atoms with Crippen molar-refractivity contribution in [1.82, 2.24) is 19.9 Å². The van der Waals surface area contributed by atoms with E-state index in [0.29, 0.717) is 6.54 Å². The number of hydrogen-bond acceptors (Lipinski definition) is 6. The molecule has 1 unspecified atom stereocenters. The normalized spacial score (nSPS) is 17.8. The van der Waals surface area contributed by atoms with Crippen LogP contribution in [0.25, 0.3) is 0 Å². The molecular weight excluding hydrogens is 363 g/mol. The van der Waals surface area contributed by atoms with Gasteiger partial charge in [0.1, 0.15) is 17.6 Å². The number of hydrogen-bond donors (Lipinski definition) is 1. The first-order valence-electron chi connectivity index (χ1n) is 8.77. The number of carbonyl (C=O) groups excluding carboxylic acids is 1. The second-order valence-electron chi connectivity index (χ2n) is 6.29. The highest BCUT2D eigenvalue weighted by atomic mass is 19.4. The molecule has 0 spiro atoms. The highest BCUT2D eigenvalue weighted by Gasteiger charge is 2.36. The fraction of sp³-hybridized carbons (Fsp3) is 0.529. The molecule has 1 aliphatic heterocycles. The number of alkyl halides is 3. The maximum Gasteiger partial charge on any atom is 0.451 e. The van der Waals surface area contributed by atoms with Crippen molar-refractivity contribution in [2.45, 2.75) is 51.4 Å². The Morgan fingerprint density at radius 2 is 2.19 bits per heavy atom. The number of piperidine rings is 1. The predicted molar refractivity (Wildman–Crippen MR) is 89.8 cm³/mol. The lowest BCUT2D eigenvalue weighted by Gasteiger charge is -2.35. The van der Waals surface area contributed by atoms with Crippen molar-refractivity contribution in [3.8, 4) is 0 Å². The minimum Gasteiger partial charge on any atom is -0.447 e. The summed E-state index contributed by atoms with van der Waals surface area (Å²) in [6.07, 6.45) is 2.56. The van der Waals surface area contributed by atoms with Gasteiger partial charge in [-0.2, -0.15) is 13.2 Å². The Bertz CT molecular complexity index is 779. The number of likely N-dealkylation sites (tertiary alicyclic amines) is 1. The molecule has 1 atom stereocenters. The first-order valence-corrected chi connectivity index (χ1v) is 8.77. The monoisotopic (exact) mass is 383 g/mol. The molecule has 10 heteroatoms. The Balaban J connectivity index is 1.91. The standard InChI is InChI=1S/C17H20F3N5O2/c1-2-11-5-3-4-7-25(11)15(26)12-9-23-16(17(18,19)20)24-14(12)22-10-13-21-6-8-27-13/h6,8-9,11H,2-5,7,10H2,1H3,(H,22,23,24).